The van der Waals surface area contributed by atoms with Crippen LogP contribution in [0, 0.1) is 24.0 Å². The van der Waals surface area contributed by atoms with Crippen molar-refractivity contribution in [3.05, 3.63) is 51.6 Å². The molecular weight excluding hydrogens is 270 g/mol. The SMILES string of the molecule is Cc1cc(C)cc(N(C)c2nc(NN)ccc2[N+](=O)[O-])c1. The van der Waals surface area contributed by atoms with Crippen molar-refractivity contribution >= 4 is 23.0 Å². The first-order valence-corrected chi connectivity index (χ1v) is 6.36. The number of aryl methyl sites for hydroxylation is 2. The Morgan fingerprint density at radius 1 is 1.24 bits per heavy atom. The summed E-state index contributed by atoms with van der Waals surface area (Å²) >= 11 is 0. The first kappa shape index (κ1) is 14.7. The molecule has 0 bridgehead atoms. The molecule has 0 aliphatic heterocycles. The van der Waals surface area contributed by atoms with Crippen LogP contribution in [0.2, 0.25) is 0 Å². The standard InChI is InChI=1S/C14H17N5O2/c1-9-6-10(2)8-11(7-9)18(3)14-12(19(20)21)4-5-13(16-14)17-15/h4-8H,15H2,1-3H3,(H,16,17). The second-order valence-corrected chi connectivity index (χ2v) is 4.85. The Morgan fingerprint density at radius 3 is 2.38 bits per heavy atom. The first-order valence-electron chi connectivity index (χ1n) is 6.36. The summed E-state index contributed by atoms with van der Waals surface area (Å²) in [6, 6.07) is 8.78. The maximum atomic E-state index is 11.2. The maximum absolute atomic E-state index is 11.2. The van der Waals surface area contributed by atoms with Crippen LogP contribution in [0.5, 0.6) is 0 Å². The number of aromatic nitrogens is 1. The molecule has 21 heavy (non-hydrogen) atoms. The van der Waals surface area contributed by atoms with E-state index in [1.54, 1.807) is 11.9 Å². The lowest BCUT2D eigenvalue weighted by molar-refractivity contribution is -0.384. The number of nitrogen functional groups attached to an aromatic ring is 1. The Balaban J connectivity index is 2.55. The van der Waals surface area contributed by atoms with Crippen molar-refractivity contribution < 1.29 is 4.92 Å². The highest BCUT2D eigenvalue weighted by atomic mass is 16.6. The Morgan fingerprint density at radius 2 is 1.86 bits per heavy atom. The maximum Gasteiger partial charge on any atom is 0.312 e. The van der Waals surface area contributed by atoms with E-state index in [0.29, 0.717) is 5.82 Å². The Labute approximate surface area is 122 Å². The van der Waals surface area contributed by atoms with E-state index < -0.39 is 4.92 Å². The highest BCUT2D eigenvalue weighted by Gasteiger charge is 2.20. The summed E-state index contributed by atoms with van der Waals surface area (Å²) in [5.74, 6) is 5.94. The third-order valence-corrected chi connectivity index (χ3v) is 3.11. The van der Waals surface area contributed by atoms with Gasteiger partial charge in [-0.25, -0.2) is 10.8 Å². The quantitative estimate of drug-likeness (QED) is 0.509. The van der Waals surface area contributed by atoms with Gasteiger partial charge in [-0.1, -0.05) is 6.07 Å². The second kappa shape index (κ2) is 5.76. The van der Waals surface area contributed by atoms with E-state index in [-0.39, 0.29) is 11.5 Å². The normalized spacial score (nSPS) is 10.3. The summed E-state index contributed by atoms with van der Waals surface area (Å²) < 4.78 is 0. The number of rotatable bonds is 4. The highest BCUT2D eigenvalue weighted by molar-refractivity contribution is 5.70. The molecular formula is C14H17N5O2. The smallest absolute Gasteiger partial charge is 0.312 e. The minimum Gasteiger partial charge on any atom is -0.324 e. The van der Waals surface area contributed by atoms with Crippen LogP contribution < -0.4 is 16.2 Å². The van der Waals surface area contributed by atoms with Crippen molar-refractivity contribution in [1.29, 1.82) is 0 Å². The van der Waals surface area contributed by atoms with Crippen molar-refractivity contribution in [2.75, 3.05) is 17.4 Å². The summed E-state index contributed by atoms with van der Waals surface area (Å²) in [5, 5.41) is 11.2. The third kappa shape index (κ3) is 3.09. The van der Waals surface area contributed by atoms with E-state index in [4.69, 9.17) is 5.84 Å². The van der Waals surface area contributed by atoms with Crippen LogP contribution in [0.1, 0.15) is 11.1 Å². The summed E-state index contributed by atoms with van der Waals surface area (Å²) in [4.78, 5) is 16.6. The summed E-state index contributed by atoms with van der Waals surface area (Å²) in [5.41, 5.74) is 5.31. The molecule has 3 N–H and O–H groups in total. The average Bonchev–Trinajstić information content (AvgIpc) is 2.44. The van der Waals surface area contributed by atoms with Gasteiger partial charge >= 0.3 is 5.69 Å². The fourth-order valence-electron chi connectivity index (χ4n) is 2.18. The van der Waals surface area contributed by atoms with Crippen molar-refractivity contribution in [2.45, 2.75) is 13.8 Å². The number of benzene rings is 1. The van der Waals surface area contributed by atoms with E-state index in [1.807, 2.05) is 32.0 Å². The molecule has 1 aromatic heterocycles. The van der Waals surface area contributed by atoms with Crippen LogP contribution in [0.15, 0.2) is 30.3 Å². The zero-order valence-electron chi connectivity index (χ0n) is 12.1. The van der Waals surface area contributed by atoms with Gasteiger partial charge in [0.15, 0.2) is 0 Å². The lowest BCUT2D eigenvalue weighted by Gasteiger charge is -2.20. The fourth-order valence-corrected chi connectivity index (χ4v) is 2.18. The van der Waals surface area contributed by atoms with Crippen LogP contribution in [0.4, 0.5) is 23.0 Å². The molecule has 7 heteroatoms. The zero-order chi connectivity index (χ0) is 15.6. The molecule has 110 valence electrons. The number of anilines is 3. The average molecular weight is 287 g/mol. The van der Waals surface area contributed by atoms with E-state index in [0.717, 1.165) is 16.8 Å². The molecule has 0 amide bonds. The van der Waals surface area contributed by atoms with Gasteiger partial charge in [-0.05, 0) is 43.2 Å². The minimum absolute atomic E-state index is 0.0735. The first-order chi connectivity index (χ1) is 9.92. The van der Waals surface area contributed by atoms with Crippen LogP contribution in [0.3, 0.4) is 0 Å². The number of pyridine rings is 1. The monoisotopic (exact) mass is 287 g/mol. The summed E-state index contributed by atoms with van der Waals surface area (Å²) in [6.45, 7) is 3.95. The number of nitro groups is 1. The van der Waals surface area contributed by atoms with Crippen LogP contribution in [-0.2, 0) is 0 Å². The molecule has 0 aliphatic rings. The van der Waals surface area contributed by atoms with Gasteiger partial charge in [0, 0.05) is 18.8 Å². The van der Waals surface area contributed by atoms with Gasteiger partial charge in [-0.15, -0.1) is 0 Å². The van der Waals surface area contributed by atoms with E-state index in [9.17, 15) is 10.1 Å². The molecule has 0 atom stereocenters. The van der Waals surface area contributed by atoms with Gasteiger partial charge in [-0.2, -0.15) is 0 Å². The topological polar surface area (TPSA) is 97.3 Å². The number of hydrazine groups is 1. The molecule has 0 spiro atoms. The molecule has 1 heterocycles. The van der Waals surface area contributed by atoms with Crippen LogP contribution in [0.25, 0.3) is 0 Å². The Hall–Kier alpha value is -2.67. The number of nitrogens with zero attached hydrogens (tertiary/aromatic N) is 3. The number of hydrogen-bond acceptors (Lipinski definition) is 6. The molecule has 1 aromatic carbocycles. The van der Waals surface area contributed by atoms with Gasteiger partial charge < -0.3 is 10.3 Å². The molecule has 0 unspecified atom stereocenters. The predicted molar refractivity (Wildman–Crippen MR) is 82.7 cm³/mol. The molecule has 0 fully saturated rings. The predicted octanol–water partition coefficient (Wildman–Crippen LogP) is 2.66. The highest BCUT2D eigenvalue weighted by Crippen LogP contribution is 2.32. The molecule has 0 aliphatic carbocycles. The second-order valence-electron chi connectivity index (χ2n) is 4.85. The molecule has 2 rings (SSSR count). The zero-order valence-corrected chi connectivity index (χ0v) is 12.1. The summed E-state index contributed by atoms with van der Waals surface area (Å²) in [7, 11) is 1.74. The molecule has 7 nitrogen and oxygen atoms in total. The van der Waals surface area contributed by atoms with Gasteiger partial charge in [-0.3, -0.25) is 10.1 Å². The van der Waals surface area contributed by atoms with Crippen LogP contribution >= 0.6 is 0 Å². The minimum atomic E-state index is -0.457. The van der Waals surface area contributed by atoms with Gasteiger partial charge in [0.1, 0.15) is 5.82 Å². The van der Waals surface area contributed by atoms with Crippen molar-refractivity contribution in [3.63, 3.8) is 0 Å². The Kier molecular flexibility index (Phi) is 4.04. The van der Waals surface area contributed by atoms with E-state index in [1.165, 1.54) is 12.1 Å². The van der Waals surface area contributed by atoms with Gasteiger partial charge in [0.05, 0.1) is 4.92 Å². The lowest BCUT2D eigenvalue weighted by atomic mass is 10.1. The van der Waals surface area contributed by atoms with E-state index >= 15 is 0 Å². The van der Waals surface area contributed by atoms with E-state index in [2.05, 4.69) is 10.4 Å². The molecule has 0 saturated carbocycles. The molecule has 0 radical (unpaired) electrons. The molecule has 2 aromatic rings. The Bertz CT molecular complexity index is 667. The van der Waals surface area contributed by atoms with Crippen molar-refractivity contribution in [3.8, 4) is 0 Å². The van der Waals surface area contributed by atoms with Gasteiger partial charge in [0.25, 0.3) is 0 Å². The van der Waals surface area contributed by atoms with Crippen molar-refractivity contribution in [2.24, 2.45) is 5.84 Å². The largest absolute Gasteiger partial charge is 0.324 e. The molecule has 0 saturated heterocycles. The number of nitrogens with one attached hydrogen (secondary N) is 1. The lowest BCUT2D eigenvalue weighted by Crippen LogP contribution is -2.16. The third-order valence-electron chi connectivity index (χ3n) is 3.11. The number of nitrogens with two attached hydrogens (primary N) is 1. The van der Waals surface area contributed by atoms with Crippen molar-refractivity contribution in [1.82, 2.24) is 4.98 Å². The number of hydrogen-bond donors (Lipinski definition) is 2. The fraction of sp³-hybridized carbons (Fsp3) is 0.214. The van der Waals surface area contributed by atoms with Crippen LogP contribution in [-0.4, -0.2) is 17.0 Å². The summed E-state index contributed by atoms with van der Waals surface area (Å²) in [6.07, 6.45) is 0. The van der Waals surface area contributed by atoms with Gasteiger partial charge in [0.2, 0.25) is 5.82 Å².